The van der Waals surface area contributed by atoms with Crippen molar-refractivity contribution >= 4 is 17.6 Å². The zero-order valence-electron chi connectivity index (χ0n) is 11.0. The highest BCUT2D eigenvalue weighted by molar-refractivity contribution is 5.97. The summed E-state index contributed by atoms with van der Waals surface area (Å²) >= 11 is 0. The summed E-state index contributed by atoms with van der Waals surface area (Å²) in [5.74, 6) is -1.08. The number of nitrogens with two attached hydrogens (primary N) is 1. The highest BCUT2D eigenvalue weighted by Gasteiger charge is 2.32. The minimum absolute atomic E-state index is 0.116. The van der Waals surface area contributed by atoms with E-state index in [0.29, 0.717) is 18.4 Å². The molecule has 2 amide bonds. The van der Waals surface area contributed by atoms with Crippen molar-refractivity contribution in [3.05, 3.63) is 30.1 Å². The minimum Gasteiger partial charge on any atom is -0.368 e. The molecular formula is C14H17N3O3. The quantitative estimate of drug-likeness (QED) is 0.831. The topological polar surface area (TPSA) is 102 Å². The average Bonchev–Trinajstić information content (AvgIpc) is 2.45. The van der Waals surface area contributed by atoms with Crippen LogP contribution in [0.5, 0.6) is 0 Å². The van der Waals surface area contributed by atoms with Gasteiger partial charge in [0.15, 0.2) is 0 Å². The molecule has 0 spiro atoms. The van der Waals surface area contributed by atoms with Gasteiger partial charge in [0, 0.05) is 30.8 Å². The summed E-state index contributed by atoms with van der Waals surface area (Å²) in [4.78, 5) is 38.9. The molecule has 1 heterocycles. The lowest BCUT2D eigenvalue weighted by molar-refractivity contribution is -0.124. The predicted molar refractivity (Wildman–Crippen MR) is 71.7 cm³/mol. The van der Waals surface area contributed by atoms with Crippen molar-refractivity contribution in [3.63, 3.8) is 0 Å². The summed E-state index contributed by atoms with van der Waals surface area (Å²) in [5, 5.41) is 2.63. The van der Waals surface area contributed by atoms with Gasteiger partial charge in [0.25, 0.3) is 5.91 Å². The fourth-order valence-electron chi connectivity index (χ4n) is 2.49. The van der Waals surface area contributed by atoms with Gasteiger partial charge in [-0.05, 0) is 30.9 Å². The summed E-state index contributed by atoms with van der Waals surface area (Å²) in [7, 11) is 0. The SMILES string of the molecule is NC(=O)[C@H](NC(=O)c1ccncc1)[C@H]1CCCC(=O)C1. The summed E-state index contributed by atoms with van der Waals surface area (Å²) in [6, 6.07) is 2.30. The van der Waals surface area contributed by atoms with E-state index in [1.54, 1.807) is 12.1 Å². The third-order valence-electron chi connectivity index (χ3n) is 3.53. The number of pyridine rings is 1. The molecule has 6 heteroatoms. The minimum atomic E-state index is -0.806. The molecule has 1 aliphatic rings. The van der Waals surface area contributed by atoms with Crippen molar-refractivity contribution in [2.24, 2.45) is 11.7 Å². The number of Topliss-reactive ketones (excluding diaryl/α,β-unsaturated/α-hetero) is 1. The summed E-state index contributed by atoms with van der Waals surface area (Å²) in [6.07, 6.45) is 5.29. The third-order valence-corrected chi connectivity index (χ3v) is 3.53. The number of carbonyl (C=O) groups excluding carboxylic acids is 3. The first-order valence-electron chi connectivity index (χ1n) is 6.60. The summed E-state index contributed by atoms with van der Waals surface area (Å²) < 4.78 is 0. The van der Waals surface area contributed by atoms with E-state index in [2.05, 4.69) is 10.3 Å². The molecule has 0 saturated heterocycles. The van der Waals surface area contributed by atoms with Crippen LogP contribution in [-0.2, 0) is 9.59 Å². The van der Waals surface area contributed by atoms with Crippen LogP contribution in [-0.4, -0.2) is 28.6 Å². The van der Waals surface area contributed by atoms with Crippen molar-refractivity contribution in [2.75, 3.05) is 0 Å². The van der Waals surface area contributed by atoms with Crippen LogP contribution in [0.4, 0.5) is 0 Å². The van der Waals surface area contributed by atoms with Crippen molar-refractivity contribution in [1.29, 1.82) is 0 Å². The highest BCUT2D eigenvalue weighted by Crippen LogP contribution is 2.24. The van der Waals surface area contributed by atoms with E-state index in [-0.39, 0.29) is 17.6 Å². The summed E-state index contributed by atoms with van der Waals surface area (Å²) in [6.45, 7) is 0. The Balaban J connectivity index is 2.08. The molecule has 3 N–H and O–H groups in total. The molecule has 1 aromatic heterocycles. The van der Waals surface area contributed by atoms with Gasteiger partial charge in [-0.15, -0.1) is 0 Å². The van der Waals surface area contributed by atoms with E-state index in [9.17, 15) is 14.4 Å². The Bertz CT molecular complexity index is 516. The maximum atomic E-state index is 12.1. The molecule has 0 aliphatic heterocycles. The molecule has 0 bridgehead atoms. The Morgan fingerprint density at radius 1 is 1.35 bits per heavy atom. The Labute approximate surface area is 116 Å². The van der Waals surface area contributed by atoms with Crippen LogP contribution >= 0.6 is 0 Å². The second-order valence-corrected chi connectivity index (χ2v) is 4.98. The zero-order chi connectivity index (χ0) is 14.5. The van der Waals surface area contributed by atoms with Crippen LogP contribution < -0.4 is 11.1 Å². The van der Waals surface area contributed by atoms with Crippen LogP contribution in [0.15, 0.2) is 24.5 Å². The first-order valence-corrected chi connectivity index (χ1v) is 6.60. The second kappa shape index (κ2) is 6.27. The van der Waals surface area contributed by atoms with Gasteiger partial charge >= 0.3 is 0 Å². The number of nitrogens with zero attached hydrogens (tertiary/aromatic N) is 1. The molecule has 2 rings (SSSR count). The normalized spacial score (nSPS) is 20.2. The Morgan fingerprint density at radius 2 is 2.05 bits per heavy atom. The average molecular weight is 275 g/mol. The molecule has 0 unspecified atom stereocenters. The van der Waals surface area contributed by atoms with Crippen LogP contribution in [0.1, 0.15) is 36.0 Å². The fraction of sp³-hybridized carbons (Fsp3) is 0.429. The monoisotopic (exact) mass is 275 g/mol. The smallest absolute Gasteiger partial charge is 0.252 e. The van der Waals surface area contributed by atoms with E-state index in [1.165, 1.54) is 12.4 Å². The zero-order valence-corrected chi connectivity index (χ0v) is 11.0. The largest absolute Gasteiger partial charge is 0.368 e. The molecule has 1 saturated carbocycles. The number of amides is 2. The molecule has 6 nitrogen and oxygen atoms in total. The maximum Gasteiger partial charge on any atom is 0.252 e. The van der Waals surface area contributed by atoms with Crippen molar-refractivity contribution in [2.45, 2.75) is 31.7 Å². The Kier molecular flexibility index (Phi) is 4.45. The van der Waals surface area contributed by atoms with Crippen LogP contribution in [0, 0.1) is 5.92 Å². The first kappa shape index (κ1) is 14.2. The number of ketones is 1. The molecule has 0 aromatic carbocycles. The Morgan fingerprint density at radius 3 is 2.65 bits per heavy atom. The van der Waals surface area contributed by atoms with Gasteiger partial charge < -0.3 is 11.1 Å². The molecule has 0 radical (unpaired) electrons. The number of carbonyl (C=O) groups is 3. The predicted octanol–water partition coefficient (Wildman–Crippen LogP) is 0.425. The molecule has 20 heavy (non-hydrogen) atoms. The number of hydrogen-bond donors (Lipinski definition) is 2. The van der Waals surface area contributed by atoms with E-state index >= 15 is 0 Å². The van der Waals surface area contributed by atoms with E-state index < -0.39 is 11.9 Å². The van der Waals surface area contributed by atoms with Crippen LogP contribution in [0.3, 0.4) is 0 Å². The first-order chi connectivity index (χ1) is 9.58. The van der Waals surface area contributed by atoms with Crippen LogP contribution in [0.2, 0.25) is 0 Å². The lowest BCUT2D eigenvalue weighted by Crippen LogP contribution is -2.50. The van der Waals surface area contributed by atoms with Crippen molar-refractivity contribution in [3.8, 4) is 0 Å². The van der Waals surface area contributed by atoms with Crippen molar-refractivity contribution < 1.29 is 14.4 Å². The van der Waals surface area contributed by atoms with E-state index in [1.807, 2.05) is 0 Å². The molecule has 1 fully saturated rings. The molecule has 2 atom stereocenters. The highest BCUT2D eigenvalue weighted by atomic mass is 16.2. The summed E-state index contributed by atoms with van der Waals surface area (Å²) in [5.41, 5.74) is 5.77. The second-order valence-electron chi connectivity index (χ2n) is 4.98. The number of nitrogens with one attached hydrogen (secondary N) is 1. The van der Waals surface area contributed by atoms with Gasteiger partial charge in [-0.1, -0.05) is 0 Å². The number of primary amides is 1. The third kappa shape index (κ3) is 3.40. The van der Waals surface area contributed by atoms with Gasteiger partial charge in [0.1, 0.15) is 11.8 Å². The number of hydrogen-bond acceptors (Lipinski definition) is 4. The standard InChI is InChI=1S/C14H17N3O3/c15-13(19)12(10-2-1-3-11(18)8-10)17-14(20)9-4-6-16-7-5-9/h4-7,10,12H,1-3,8H2,(H2,15,19)(H,17,20)/t10-,12+/m0/s1. The van der Waals surface area contributed by atoms with Gasteiger partial charge in [0.05, 0.1) is 0 Å². The lowest BCUT2D eigenvalue weighted by Gasteiger charge is -2.28. The molecule has 1 aliphatic carbocycles. The molecule has 1 aromatic rings. The van der Waals surface area contributed by atoms with Crippen LogP contribution in [0.25, 0.3) is 0 Å². The van der Waals surface area contributed by atoms with E-state index in [0.717, 1.165) is 12.8 Å². The lowest BCUT2D eigenvalue weighted by atomic mass is 9.82. The van der Waals surface area contributed by atoms with E-state index in [4.69, 9.17) is 5.73 Å². The Hall–Kier alpha value is -2.24. The molecular weight excluding hydrogens is 258 g/mol. The van der Waals surface area contributed by atoms with Gasteiger partial charge in [-0.25, -0.2) is 0 Å². The van der Waals surface area contributed by atoms with Gasteiger partial charge in [-0.3, -0.25) is 19.4 Å². The van der Waals surface area contributed by atoms with Crippen molar-refractivity contribution in [1.82, 2.24) is 10.3 Å². The van der Waals surface area contributed by atoms with Gasteiger partial charge in [-0.2, -0.15) is 0 Å². The maximum absolute atomic E-state index is 12.1. The fourth-order valence-corrected chi connectivity index (χ4v) is 2.49. The van der Waals surface area contributed by atoms with Gasteiger partial charge in [0.2, 0.25) is 5.91 Å². The molecule has 106 valence electrons. The number of rotatable bonds is 4. The number of aromatic nitrogens is 1.